The summed E-state index contributed by atoms with van der Waals surface area (Å²) in [5, 5.41) is 0. The number of Topliss-reactive ketones (excluding diaryl/α,β-unsaturated/α-hetero) is 1. The van der Waals surface area contributed by atoms with E-state index in [4.69, 9.17) is 4.74 Å². The molecule has 1 amide bonds. The lowest BCUT2D eigenvalue weighted by Crippen LogP contribution is -2.44. The van der Waals surface area contributed by atoms with Crippen LogP contribution in [0.4, 0.5) is 0 Å². The second-order valence-corrected chi connectivity index (χ2v) is 7.94. The monoisotopic (exact) mass is 411 g/mol. The minimum Gasteiger partial charge on any atom is -0.465 e. The Bertz CT molecular complexity index is 960. The largest absolute Gasteiger partial charge is 0.465 e. The Morgan fingerprint density at radius 1 is 1.13 bits per heavy atom. The summed E-state index contributed by atoms with van der Waals surface area (Å²) in [5.74, 6) is -0.318. The van der Waals surface area contributed by atoms with Crippen molar-refractivity contribution >= 4 is 17.7 Å². The summed E-state index contributed by atoms with van der Waals surface area (Å²) < 4.78 is 6.75. The Morgan fingerprint density at radius 2 is 1.80 bits per heavy atom. The fourth-order valence-corrected chi connectivity index (χ4v) is 4.17. The highest BCUT2D eigenvalue weighted by atomic mass is 16.5. The van der Waals surface area contributed by atoms with Gasteiger partial charge in [-0.1, -0.05) is 0 Å². The number of likely N-dealkylation sites (tertiary alicyclic amines) is 1. The lowest BCUT2D eigenvalue weighted by molar-refractivity contribution is -0.133. The number of amides is 1. The first-order valence-corrected chi connectivity index (χ1v) is 10.1. The number of rotatable bonds is 6. The first kappa shape index (κ1) is 21.8. The van der Waals surface area contributed by atoms with Gasteiger partial charge in [0.1, 0.15) is 0 Å². The summed E-state index contributed by atoms with van der Waals surface area (Å²) in [6, 6.07) is 8.77. The van der Waals surface area contributed by atoms with Gasteiger partial charge in [-0.15, -0.1) is 0 Å². The predicted molar refractivity (Wildman–Crippen MR) is 114 cm³/mol. The van der Waals surface area contributed by atoms with Gasteiger partial charge in [0.2, 0.25) is 5.91 Å². The summed E-state index contributed by atoms with van der Waals surface area (Å²) >= 11 is 0. The van der Waals surface area contributed by atoms with Crippen LogP contribution in [-0.4, -0.2) is 72.4 Å². The van der Waals surface area contributed by atoms with Gasteiger partial charge in [0.15, 0.2) is 5.78 Å². The van der Waals surface area contributed by atoms with Crippen LogP contribution in [-0.2, 0) is 9.53 Å². The molecule has 0 bridgehead atoms. The molecule has 1 aromatic heterocycles. The van der Waals surface area contributed by atoms with Crippen molar-refractivity contribution in [1.29, 1.82) is 0 Å². The van der Waals surface area contributed by atoms with Crippen molar-refractivity contribution in [3.8, 4) is 5.69 Å². The maximum atomic E-state index is 13.1. The lowest BCUT2D eigenvalue weighted by atomic mass is 10.1. The third kappa shape index (κ3) is 4.16. The number of carbonyl (C=O) groups is 3. The number of hydrogen-bond acceptors (Lipinski definition) is 5. The van der Waals surface area contributed by atoms with E-state index in [1.54, 1.807) is 31.1 Å². The number of carbonyl (C=O) groups excluding carboxylic acids is 3. The molecular formula is C23H29N3O4. The van der Waals surface area contributed by atoms with Crippen molar-refractivity contribution < 1.29 is 19.1 Å². The van der Waals surface area contributed by atoms with Crippen molar-refractivity contribution in [2.24, 2.45) is 0 Å². The van der Waals surface area contributed by atoms with E-state index >= 15 is 0 Å². The van der Waals surface area contributed by atoms with Crippen LogP contribution in [0.5, 0.6) is 0 Å². The number of ketones is 1. The van der Waals surface area contributed by atoms with Crippen molar-refractivity contribution in [1.82, 2.24) is 14.4 Å². The summed E-state index contributed by atoms with van der Waals surface area (Å²) in [6.07, 6.45) is 1.71. The van der Waals surface area contributed by atoms with Crippen LogP contribution in [0.25, 0.3) is 5.69 Å². The molecule has 1 atom stereocenters. The molecule has 2 heterocycles. The van der Waals surface area contributed by atoms with Crippen LogP contribution >= 0.6 is 0 Å². The number of aromatic nitrogens is 1. The molecule has 1 unspecified atom stereocenters. The van der Waals surface area contributed by atoms with Crippen LogP contribution < -0.4 is 0 Å². The molecule has 3 rings (SSSR count). The number of esters is 1. The molecule has 7 heteroatoms. The molecule has 0 N–H and O–H groups in total. The van der Waals surface area contributed by atoms with Crippen molar-refractivity contribution in [3.05, 3.63) is 52.8 Å². The zero-order valence-electron chi connectivity index (χ0n) is 18.3. The van der Waals surface area contributed by atoms with E-state index < -0.39 is 0 Å². The third-order valence-electron chi connectivity index (χ3n) is 5.71. The van der Waals surface area contributed by atoms with Gasteiger partial charge >= 0.3 is 5.97 Å². The number of nitrogens with zero attached hydrogens (tertiary/aromatic N) is 3. The lowest BCUT2D eigenvalue weighted by Gasteiger charge is -2.25. The molecule has 7 nitrogen and oxygen atoms in total. The highest BCUT2D eigenvalue weighted by Crippen LogP contribution is 2.24. The Hall–Kier alpha value is -2.93. The molecule has 160 valence electrons. The van der Waals surface area contributed by atoms with Gasteiger partial charge in [0.25, 0.3) is 0 Å². The van der Waals surface area contributed by atoms with Crippen LogP contribution in [0, 0.1) is 13.8 Å². The van der Waals surface area contributed by atoms with E-state index in [1.807, 2.05) is 41.5 Å². The molecule has 0 aliphatic carbocycles. The van der Waals surface area contributed by atoms with Crippen LogP contribution in [0.3, 0.4) is 0 Å². The van der Waals surface area contributed by atoms with Gasteiger partial charge in [-0.2, -0.15) is 0 Å². The topological polar surface area (TPSA) is 71.8 Å². The minimum absolute atomic E-state index is 0.0130. The van der Waals surface area contributed by atoms with Gasteiger partial charge < -0.3 is 14.2 Å². The normalized spacial score (nSPS) is 16.5. The Morgan fingerprint density at radius 3 is 2.40 bits per heavy atom. The smallest absolute Gasteiger partial charge is 0.337 e. The van der Waals surface area contributed by atoms with Crippen molar-refractivity contribution in [2.75, 3.05) is 34.3 Å². The number of hydrogen-bond donors (Lipinski definition) is 0. The first-order chi connectivity index (χ1) is 14.2. The zero-order chi connectivity index (χ0) is 22.0. The fraction of sp³-hybridized carbons (Fsp3) is 0.435. The maximum absolute atomic E-state index is 13.1. The third-order valence-corrected chi connectivity index (χ3v) is 5.71. The average Bonchev–Trinajstić information content (AvgIpc) is 3.30. The van der Waals surface area contributed by atoms with Crippen LogP contribution in [0.1, 0.15) is 44.9 Å². The maximum Gasteiger partial charge on any atom is 0.337 e. The Labute approximate surface area is 177 Å². The van der Waals surface area contributed by atoms with Gasteiger partial charge in [0.05, 0.1) is 25.3 Å². The molecule has 1 saturated heterocycles. The van der Waals surface area contributed by atoms with E-state index in [1.165, 1.54) is 7.11 Å². The van der Waals surface area contributed by atoms with Crippen molar-refractivity contribution in [2.45, 2.75) is 32.7 Å². The van der Waals surface area contributed by atoms with E-state index in [0.29, 0.717) is 11.1 Å². The number of likely N-dealkylation sites (N-methyl/N-ethyl adjacent to an activating group) is 1. The Balaban J connectivity index is 1.82. The molecule has 1 aliphatic rings. The van der Waals surface area contributed by atoms with Crippen LogP contribution in [0.15, 0.2) is 30.3 Å². The summed E-state index contributed by atoms with van der Waals surface area (Å²) in [6.45, 7) is 4.85. The van der Waals surface area contributed by atoms with E-state index in [0.717, 1.165) is 36.5 Å². The van der Waals surface area contributed by atoms with Crippen LogP contribution in [0.2, 0.25) is 0 Å². The molecule has 0 spiro atoms. The zero-order valence-corrected chi connectivity index (χ0v) is 18.3. The summed E-state index contributed by atoms with van der Waals surface area (Å²) in [5.41, 5.74) is 3.79. The number of methoxy groups -OCH3 is 1. The Kier molecular flexibility index (Phi) is 6.41. The minimum atomic E-state index is -0.384. The van der Waals surface area contributed by atoms with Crippen molar-refractivity contribution in [3.63, 3.8) is 0 Å². The summed E-state index contributed by atoms with van der Waals surface area (Å²) in [4.78, 5) is 40.8. The standard InChI is InChI=1S/C23H29N3O4/c1-15-13-19(21(27)14-25-12-6-7-20(25)22(28)24(3)4)16(2)26(15)18-10-8-17(9-11-18)23(29)30-5/h8-11,13,20H,6-7,12,14H2,1-5H3. The van der Waals surface area contributed by atoms with E-state index in [-0.39, 0.29) is 30.2 Å². The first-order valence-electron chi connectivity index (χ1n) is 10.1. The van der Waals surface area contributed by atoms with E-state index in [2.05, 4.69) is 0 Å². The SMILES string of the molecule is COC(=O)c1ccc(-n2c(C)cc(C(=O)CN3CCCC3C(=O)N(C)C)c2C)cc1. The molecule has 1 aliphatic heterocycles. The molecule has 1 aromatic carbocycles. The highest BCUT2D eigenvalue weighted by molar-refractivity contribution is 5.99. The van der Waals surface area contributed by atoms with Gasteiger partial charge in [-0.05, 0) is 63.6 Å². The second-order valence-electron chi connectivity index (χ2n) is 7.94. The number of ether oxygens (including phenoxy) is 1. The molecule has 1 fully saturated rings. The number of benzene rings is 1. The van der Waals surface area contributed by atoms with Gasteiger partial charge in [-0.25, -0.2) is 4.79 Å². The molecule has 2 aromatic rings. The summed E-state index contributed by atoms with van der Waals surface area (Å²) in [7, 11) is 4.85. The molecule has 0 saturated carbocycles. The number of aryl methyl sites for hydroxylation is 1. The van der Waals surface area contributed by atoms with Gasteiger partial charge in [-0.3, -0.25) is 14.5 Å². The average molecular weight is 412 g/mol. The molecule has 0 radical (unpaired) electrons. The quantitative estimate of drug-likeness (QED) is 0.540. The second kappa shape index (κ2) is 8.83. The van der Waals surface area contributed by atoms with Gasteiger partial charge in [0, 0.05) is 36.7 Å². The predicted octanol–water partition coefficient (Wildman–Crippen LogP) is 2.62. The fourth-order valence-electron chi connectivity index (χ4n) is 4.17. The highest BCUT2D eigenvalue weighted by Gasteiger charge is 2.33. The van der Waals surface area contributed by atoms with E-state index in [9.17, 15) is 14.4 Å². The molecule has 30 heavy (non-hydrogen) atoms. The molecular weight excluding hydrogens is 382 g/mol.